The van der Waals surface area contributed by atoms with Gasteiger partial charge in [0.1, 0.15) is 0 Å². The normalized spacial score (nSPS) is 13.3. The largest absolute Gasteiger partial charge is 0.481 e. The predicted octanol–water partition coefficient (Wildman–Crippen LogP) is 6.07. The highest BCUT2D eigenvalue weighted by Gasteiger charge is 2.22. The molecule has 0 radical (unpaired) electrons. The Balaban J connectivity index is 1.74. The molecule has 1 atom stereocenters. The fourth-order valence-corrected chi connectivity index (χ4v) is 3.48. The van der Waals surface area contributed by atoms with Gasteiger partial charge in [-0.25, -0.2) is 0 Å². The number of hydrogen-bond acceptors (Lipinski definition) is 3. The predicted molar refractivity (Wildman–Crippen MR) is 114 cm³/mol. The maximum atomic E-state index is 12.7. The van der Waals surface area contributed by atoms with Crippen molar-refractivity contribution in [1.29, 1.82) is 0 Å². The molecule has 0 unspecified atom stereocenters. The van der Waals surface area contributed by atoms with Crippen molar-refractivity contribution >= 4 is 35.1 Å². The zero-order valence-electron chi connectivity index (χ0n) is 16.8. The molecule has 3 aromatic rings. The fraction of sp³-hybridized carbons (Fsp3) is 0.130. The van der Waals surface area contributed by atoms with Crippen molar-refractivity contribution in [3.05, 3.63) is 89.4 Å². The van der Waals surface area contributed by atoms with Crippen molar-refractivity contribution in [3.8, 4) is 11.1 Å². The summed E-state index contributed by atoms with van der Waals surface area (Å²) < 4.78 is 16.5. The maximum Gasteiger partial charge on any atom is 0.307 e. The van der Waals surface area contributed by atoms with Gasteiger partial charge in [-0.2, -0.15) is 0 Å². The van der Waals surface area contributed by atoms with Crippen LogP contribution in [0, 0.1) is 5.92 Å². The number of Topliss-reactive ketones (excluding diaryl/α,β-unsaturated/α-hetero) is 1. The number of halogens is 1. The van der Waals surface area contributed by atoms with Gasteiger partial charge >= 0.3 is 5.97 Å². The van der Waals surface area contributed by atoms with E-state index in [-0.39, 0.29) is 0 Å². The van der Waals surface area contributed by atoms with Gasteiger partial charge in [-0.15, -0.1) is 11.8 Å². The molecule has 5 heteroatoms. The topological polar surface area (TPSA) is 54.4 Å². The van der Waals surface area contributed by atoms with Gasteiger partial charge in [0.25, 0.3) is 0 Å². The second kappa shape index (κ2) is 9.58. The lowest BCUT2D eigenvalue weighted by molar-refractivity contribution is -0.140. The van der Waals surface area contributed by atoms with Crippen LogP contribution < -0.4 is 0 Å². The van der Waals surface area contributed by atoms with E-state index in [4.69, 9.17) is 14.3 Å². The molecule has 0 saturated heterocycles. The summed E-state index contributed by atoms with van der Waals surface area (Å²) in [6.45, 7) is 0. The Hall–Kier alpha value is -2.56. The van der Waals surface area contributed by atoms with Crippen LogP contribution in [0.15, 0.2) is 83.8 Å². The second-order valence-corrected chi connectivity index (χ2v) is 7.48. The number of carbonyl (C=O) groups is 2. The van der Waals surface area contributed by atoms with Crippen molar-refractivity contribution in [2.75, 3.05) is 5.70 Å². The molecule has 3 rings (SSSR count). The van der Waals surface area contributed by atoms with Crippen LogP contribution >= 0.6 is 23.4 Å². The average molecular weight is 413 g/mol. The zero-order valence-corrected chi connectivity index (χ0v) is 16.4. The van der Waals surface area contributed by atoms with E-state index in [2.05, 4.69) is 0 Å². The Labute approximate surface area is 176 Å². The number of rotatable bonds is 8. The third-order valence-electron chi connectivity index (χ3n) is 4.13. The molecular weight excluding hydrogens is 392 g/mol. The molecule has 0 saturated carbocycles. The van der Waals surface area contributed by atoms with Crippen LogP contribution in [-0.4, -0.2) is 22.6 Å². The monoisotopic (exact) mass is 412 g/mol. The lowest BCUT2D eigenvalue weighted by atomic mass is 9.97. The molecule has 0 amide bonds. The second-order valence-electron chi connectivity index (χ2n) is 6.14. The summed E-state index contributed by atoms with van der Waals surface area (Å²) in [5, 5.41) is 10.2. The molecule has 0 aliphatic rings. The molecular formula is C23H19ClO3S. The van der Waals surface area contributed by atoms with E-state index in [1.165, 1.54) is 0 Å². The third-order valence-corrected chi connectivity index (χ3v) is 5.30. The Bertz CT molecular complexity index is 1020. The average Bonchev–Trinajstić information content (AvgIpc) is 2.72. The van der Waals surface area contributed by atoms with Crippen LogP contribution in [0.1, 0.15) is 19.5 Å². The lowest BCUT2D eigenvalue weighted by Crippen LogP contribution is -2.20. The van der Waals surface area contributed by atoms with Crippen LogP contribution in [0.5, 0.6) is 0 Å². The van der Waals surface area contributed by atoms with Gasteiger partial charge in [-0.05, 0) is 35.4 Å². The van der Waals surface area contributed by atoms with Crippen LogP contribution in [-0.2, 0) is 4.79 Å². The van der Waals surface area contributed by atoms with Crippen molar-refractivity contribution < 1.29 is 17.4 Å². The molecule has 0 bridgehead atoms. The van der Waals surface area contributed by atoms with Gasteiger partial charge < -0.3 is 5.11 Å². The summed E-state index contributed by atoms with van der Waals surface area (Å²) in [6.07, 6.45) is -0.428. The summed E-state index contributed by atoms with van der Waals surface area (Å²) in [5.41, 5.74) is 0.0383. The minimum absolute atomic E-state index is 0.347. The van der Waals surface area contributed by atoms with Crippen LogP contribution in [0.2, 0.25) is 5.02 Å². The number of benzene rings is 3. The first-order valence-electron chi connectivity index (χ1n) is 9.62. The highest BCUT2D eigenvalue weighted by Crippen LogP contribution is 2.25. The molecule has 0 aromatic heterocycles. The van der Waals surface area contributed by atoms with Crippen molar-refractivity contribution in [2.45, 2.75) is 11.3 Å². The highest BCUT2D eigenvalue weighted by molar-refractivity contribution is 7.99. The Kier molecular flexibility index (Phi) is 6.00. The molecule has 0 spiro atoms. The fourth-order valence-electron chi connectivity index (χ4n) is 2.60. The highest BCUT2D eigenvalue weighted by atomic mass is 35.5. The SMILES string of the molecule is [2H]C([2H])(Sc1ccccc1)[C@@H](CC(=O)c1ccc(-c2ccc(Cl)cc2)cc1)C(=O)O. The summed E-state index contributed by atoms with van der Waals surface area (Å²) in [6, 6.07) is 22.8. The van der Waals surface area contributed by atoms with E-state index < -0.39 is 29.8 Å². The van der Waals surface area contributed by atoms with Gasteiger partial charge in [0.15, 0.2) is 5.78 Å². The van der Waals surface area contributed by atoms with E-state index in [9.17, 15) is 14.7 Å². The summed E-state index contributed by atoms with van der Waals surface area (Å²) >= 11 is 6.71. The standard InChI is InChI=1S/C23H19ClO3S/c24-20-12-10-17(11-13-20)16-6-8-18(9-7-16)22(25)14-19(23(26)27)15-28-21-4-2-1-3-5-21/h1-13,19H,14-15H2,(H,26,27)/t19-/m1/s1/i15D2. The Morgan fingerprint density at radius 3 is 2.07 bits per heavy atom. The van der Waals surface area contributed by atoms with Crippen molar-refractivity contribution in [3.63, 3.8) is 0 Å². The minimum atomic E-state index is -2.15. The first-order chi connectivity index (χ1) is 14.3. The van der Waals surface area contributed by atoms with Gasteiger partial charge in [0, 0.05) is 30.3 Å². The molecule has 1 N–H and O–H groups in total. The van der Waals surface area contributed by atoms with E-state index in [0.717, 1.165) is 22.9 Å². The van der Waals surface area contributed by atoms with E-state index in [1.807, 2.05) is 12.1 Å². The smallest absolute Gasteiger partial charge is 0.307 e. The molecule has 142 valence electrons. The van der Waals surface area contributed by atoms with Crippen LogP contribution in [0.3, 0.4) is 0 Å². The summed E-state index contributed by atoms with van der Waals surface area (Å²) in [4.78, 5) is 25.1. The summed E-state index contributed by atoms with van der Waals surface area (Å²) in [7, 11) is 0. The van der Waals surface area contributed by atoms with Crippen molar-refractivity contribution in [1.82, 2.24) is 0 Å². The number of aliphatic carboxylic acids is 1. The number of thioether (sulfide) groups is 1. The number of carbonyl (C=O) groups excluding carboxylic acids is 1. The van der Waals surface area contributed by atoms with Crippen LogP contribution in [0.4, 0.5) is 0 Å². The molecule has 3 nitrogen and oxygen atoms in total. The van der Waals surface area contributed by atoms with Gasteiger partial charge in [0.2, 0.25) is 0 Å². The number of carboxylic acids is 1. The van der Waals surface area contributed by atoms with Gasteiger partial charge in [0.05, 0.1) is 5.92 Å². The molecule has 28 heavy (non-hydrogen) atoms. The van der Waals surface area contributed by atoms with E-state index in [0.29, 0.717) is 15.5 Å². The first-order valence-corrected chi connectivity index (χ1v) is 9.82. The quantitative estimate of drug-likeness (QED) is 0.360. The number of ketones is 1. The molecule has 0 heterocycles. The first kappa shape index (κ1) is 17.5. The Morgan fingerprint density at radius 1 is 0.929 bits per heavy atom. The molecule has 0 aliphatic carbocycles. The number of hydrogen-bond donors (Lipinski definition) is 1. The Morgan fingerprint density at radius 2 is 1.50 bits per heavy atom. The van der Waals surface area contributed by atoms with Crippen LogP contribution in [0.25, 0.3) is 11.1 Å². The number of carboxylic acid groups (broad SMARTS) is 1. The van der Waals surface area contributed by atoms with E-state index in [1.54, 1.807) is 66.7 Å². The van der Waals surface area contributed by atoms with Gasteiger partial charge in [-0.1, -0.05) is 66.2 Å². The molecule has 3 aromatic carbocycles. The zero-order chi connectivity index (χ0) is 21.7. The van der Waals surface area contributed by atoms with Gasteiger partial charge in [-0.3, -0.25) is 9.59 Å². The van der Waals surface area contributed by atoms with E-state index >= 15 is 0 Å². The summed E-state index contributed by atoms with van der Waals surface area (Å²) in [5.74, 6) is -3.23. The third kappa shape index (κ3) is 5.47. The lowest BCUT2D eigenvalue weighted by Gasteiger charge is -2.12. The minimum Gasteiger partial charge on any atom is -0.481 e. The van der Waals surface area contributed by atoms with Crippen molar-refractivity contribution in [2.24, 2.45) is 5.92 Å². The molecule has 0 aliphatic heterocycles. The molecule has 0 fully saturated rings. The maximum absolute atomic E-state index is 12.7.